The maximum Gasteiger partial charge on any atom is 0.137 e. The van der Waals surface area contributed by atoms with E-state index in [1.807, 2.05) is 0 Å². The molecule has 0 saturated heterocycles. The summed E-state index contributed by atoms with van der Waals surface area (Å²) in [7, 11) is 2.09. The molecule has 21 heavy (non-hydrogen) atoms. The van der Waals surface area contributed by atoms with Crippen molar-refractivity contribution in [1.82, 2.24) is 9.97 Å². The fourth-order valence-corrected chi connectivity index (χ4v) is 3.00. The van der Waals surface area contributed by atoms with Crippen LogP contribution >= 0.6 is 11.3 Å². The van der Waals surface area contributed by atoms with E-state index >= 15 is 0 Å². The van der Waals surface area contributed by atoms with Gasteiger partial charge in [0, 0.05) is 25.7 Å². The zero-order chi connectivity index (χ0) is 15.2. The first kappa shape index (κ1) is 15.8. The van der Waals surface area contributed by atoms with Crippen LogP contribution in [0.2, 0.25) is 0 Å². The Balaban J connectivity index is 2.28. The third kappa shape index (κ3) is 3.94. The minimum absolute atomic E-state index is 0.380. The quantitative estimate of drug-likeness (QED) is 0.835. The van der Waals surface area contributed by atoms with Gasteiger partial charge in [-0.15, -0.1) is 0 Å². The fraction of sp³-hybridized carbons (Fsp3) is 0.500. The highest BCUT2D eigenvalue weighted by Crippen LogP contribution is 2.31. The van der Waals surface area contributed by atoms with Crippen molar-refractivity contribution >= 4 is 23.0 Å². The Morgan fingerprint density at radius 3 is 2.76 bits per heavy atom. The van der Waals surface area contributed by atoms with Gasteiger partial charge in [-0.25, -0.2) is 9.97 Å². The Bertz CT molecular complexity index is 551. The summed E-state index contributed by atoms with van der Waals surface area (Å²) in [6, 6.07) is 2.16. The molecular weight excluding hydrogens is 280 g/mol. The van der Waals surface area contributed by atoms with Gasteiger partial charge in [0.15, 0.2) is 0 Å². The van der Waals surface area contributed by atoms with Gasteiger partial charge < -0.3 is 10.2 Å². The van der Waals surface area contributed by atoms with Crippen molar-refractivity contribution < 1.29 is 0 Å². The SMILES string of the molecule is CCCNc1ncnc(N(C)Cc2ccsc2)c1C(C)C. The molecule has 2 heterocycles. The summed E-state index contributed by atoms with van der Waals surface area (Å²) >= 11 is 1.73. The lowest BCUT2D eigenvalue weighted by atomic mass is 10.0. The molecule has 0 spiro atoms. The summed E-state index contributed by atoms with van der Waals surface area (Å²) in [5.41, 5.74) is 2.52. The molecule has 0 unspecified atom stereocenters. The molecule has 2 aromatic rings. The average molecular weight is 304 g/mol. The van der Waals surface area contributed by atoms with Gasteiger partial charge in [0.05, 0.1) is 0 Å². The van der Waals surface area contributed by atoms with Crippen molar-refractivity contribution in [2.75, 3.05) is 23.8 Å². The molecule has 0 saturated carbocycles. The molecule has 5 heteroatoms. The molecule has 0 aliphatic rings. The van der Waals surface area contributed by atoms with E-state index < -0.39 is 0 Å². The third-order valence-corrected chi connectivity index (χ3v) is 4.08. The number of anilines is 2. The van der Waals surface area contributed by atoms with Crippen molar-refractivity contribution in [2.45, 2.75) is 39.7 Å². The maximum absolute atomic E-state index is 4.53. The number of nitrogens with one attached hydrogen (secondary N) is 1. The first-order valence-electron chi connectivity index (χ1n) is 7.44. The Morgan fingerprint density at radius 1 is 1.33 bits per heavy atom. The number of hydrogen-bond donors (Lipinski definition) is 1. The molecule has 4 nitrogen and oxygen atoms in total. The predicted molar refractivity (Wildman–Crippen MR) is 91.3 cm³/mol. The van der Waals surface area contributed by atoms with Gasteiger partial charge in [0.25, 0.3) is 0 Å². The van der Waals surface area contributed by atoms with Crippen LogP contribution in [-0.2, 0) is 6.54 Å². The smallest absolute Gasteiger partial charge is 0.137 e. The van der Waals surface area contributed by atoms with Crippen LogP contribution in [0.4, 0.5) is 11.6 Å². The van der Waals surface area contributed by atoms with Crippen LogP contribution in [0.3, 0.4) is 0 Å². The molecule has 0 radical (unpaired) electrons. The Hall–Kier alpha value is -1.62. The summed E-state index contributed by atoms with van der Waals surface area (Å²) in [6.45, 7) is 8.35. The number of nitrogens with zero attached hydrogens (tertiary/aromatic N) is 3. The average Bonchev–Trinajstić information content (AvgIpc) is 2.97. The van der Waals surface area contributed by atoms with E-state index in [4.69, 9.17) is 0 Å². The molecule has 2 aromatic heterocycles. The van der Waals surface area contributed by atoms with Crippen LogP contribution in [0.5, 0.6) is 0 Å². The van der Waals surface area contributed by atoms with Gasteiger partial charge in [-0.05, 0) is 34.7 Å². The van der Waals surface area contributed by atoms with Crippen LogP contribution in [-0.4, -0.2) is 23.6 Å². The van der Waals surface area contributed by atoms with Crippen LogP contribution in [0.15, 0.2) is 23.2 Å². The predicted octanol–water partition coefficient (Wildman–Crippen LogP) is 4.12. The second kappa shape index (κ2) is 7.41. The van der Waals surface area contributed by atoms with Crippen molar-refractivity contribution in [2.24, 2.45) is 0 Å². The highest BCUT2D eigenvalue weighted by atomic mass is 32.1. The third-order valence-electron chi connectivity index (χ3n) is 3.34. The summed E-state index contributed by atoms with van der Waals surface area (Å²) < 4.78 is 0. The molecule has 2 rings (SSSR count). The lowest BCUT2D eigenvalue weighted by Crippen LogP contribution is -2.21. The van der Waals surface area contributed by atoms with E-state index in [0.717, 1.165) is 31.1 Å². The fourth-order valence-electron chi connectivity index (χ4n) is 2.34. The van der Waals surface area contributed by atoms with Gasteiger partial charge in [-0.1, -0.05) is 20.8 Å². The Kier molecular flexibility index (Phi) is 5.56. The maximum atomic E-state index is 4.53. The first-order chi connectivity index (χ1) is 10.1. The topological polar surface area (TPSA) is 41.1 Å². The van der Waals surface area contributed by atoms with Crippen LogP contribution in [0, 0.1) is 0 Å². The molecule has 0 aliphatic heterocycles. The zero-order valence-corrected chi connectivity index (χ0v) is 14.1. The lowest BCUT2D eigenvalue weighted by molar-refractivity contribution is 0.806. The summed E-state index contributed by atoms with van der Waals surface area (Å²) in [4.78, 5) is 11.2. The standard InChI is InChI=1S/C16H24N4S/c1-5-7-17-15-14(12(2)3)16(19-11-18-15)20(4)9-13-6-8-21-10-13/h6,8,10-12H,5,7,9H2,1-4H3,(H,17,18,19). The molecule has 0 bridgehead atoms. The summed E-state index contributed by atoms with van der Waals surface area (Å²) in [5, 5.41) is 7.72. The zero-order valence-electron chi connectivity index (χ0n) is 13.3. The number of thiophene rings is 1. The highest BCUT2D eigenvalue weighted by molar-refractivity contribution is 7.07. The van der Waals surface area contributed by atoms with Gasteiger partial charge in [-0.2, -0.15) is 11.3 Å². The molecule has 0 atom stereocenters. The van der Waals surface area contributed by atoms with Crippen LogP contribution in [0.25, 0.3) is 0 Å². The van der Waals surface area contributed by atoms with E-state index in [1.54, 1.807) is 17.7 Å². The molecule has 0 fully saturated rings. The van der Waals surface area contributed by atoms with Gasteiger partial charge in [0.2, 0.25) is 0 Å². The van der Waals surface area contributed by atoms with E-state index in [-0.39, 0.29) is 0 Å². The Labute approximate surface area is 131 Å². The Morgan fingerprint density at radius 2 is 2.14 bits per heavy atom. The minimum atomic E-state index is 0.380. The van der Waals surface area contributed by atoms with Gasteiger partial charge in [0.1, 0.15) is 18.0 Å². The molecule has 0 aliphatic carbocycles. The van der Waals surface area contributed by atoms with E-state index in [1.165, 1.54) is 11.1 Å². The minimum Gasteiger partial charge on any atom is -0.370 e. The van der Waals surface area contributed by atoms with Crippen molar-refractivity contribution in [3.8, 4) is 0 Å². The normalized spacial score (nSPS) is 10.9. The molecule has 1 N–H and O–H groups in total. The first-order valence-corrected chi connectivity index (χ1v) is 8.38. The van der Waals surface area contributed by atoms with Gasteiger partial charge >= 0.3 is 0 Å². The lowest BCUT2D eigenvalue weighted by Gasteiger charge is -2.24. The second-order valence-electron chi connectivity index (χ2n) is 5.53. The summed E-state index contributed by atoms with van der Waals surface area (Å²) in [6.07, 6.45) is 2.74. The highest BCUT2D eigenvalue weighted by Gasteiger charge is 2.17. The van der Waals surface area contributed by atoms with Crippen molar-refractivity contribution in [3.05, 3.63) is 34.3 Å². The monoisotopic (exact) mass is 304 g/mol. The number of rotatable bonds is 7. The van der Waals surface area contributed by atoms with E-state index in [2.05, 4.69) is 64.8 Å². The number of hydrogen-bond acceptors (Lipinski definition) is 5. The molecule has 0 amide bonds. The number of aromatic nitrogens is 2. The molecule has 114 valence electrons. The molecule has 0 aromatic carbocycles. The summed E-state index contributed by atoms with van der Waals surface area (Å²) in [5.74, 6) is 2.37. The van der Waals surface area contributed by atoms with Crippen LogP contribution in [0.1, 0.15) is 44.2 Å². The van der Waals surface area contributed by atoms with Crippen LogP contribution < -0.4 is 10.2 Å². The van der Waals surface area contributed by atoms with E-state index in [0.29, 0.717) is 5.92 Å². The van der Waals surface area contributed by atoms with E-state index in [9.17, 15) is 0 Å². The second-order valence-corrected chi connectivity index (χ2v) is 6.31. The van der Waals surface area contributed by atoms with Crippen molar-refractivity contribution in [1.29, 1.82) is 0 Å². The van der Waals surface area contributed by atoms with Crippen molar-refractivity contribution in [3.63, 3.8) is 0 Å². The molecular formula is C16H24N4S. The van der Waals surface area contributed by atoms with Gasteiger partial charge in [-0.3, -0.25) is 0 Å². The largest absolute Gasteiger partial charge is 0.370 e.